The number of hydrogen-bond acceptors (Lipinski definition) is 3. The van der Waals surface area contributed by atoms with Gasteiger partial charge in [-0.15, -0.1) is 12.4 Å². The number of piperidine rings is 1. The number of carbonyl (C=O) groups is 2. The quantitative estimate of drug-likeness (QED) is 0.825. The van der Waals surface area contributed by atoms with Crippen LogP contribution in [0.25, 0.3) is 0 Å². The second-order valence-corrected chi connectivity index (χ2v) is 6.83. The minimum atomic E-state index is -0.404. The normalized spacial score (nSPS) is 17.9. The van der Waals surface area contributed by atoms with Gasteiger partial charge in [-0.3, -0.25) is 9.59 Å². The van der Waals surface area contributed by atoms with Gasteiger partial charge in [0.15, 0.2) is 0 Å². The molecule has 2 amide bonds. The molecule has 0 aromatic carbocycles. The van der Waals surface area contributed by atoms with Gasteiger partial charge >= 0.3 is 0 Å². The maximum atomic E-state index is 12.0. The van der Waals surface area contributed by atoms with E-state index in [4.69, 9.17) is 5.73 Å². The van der Waals surface area contributed by atoms with E-state index in [-0.39, 0.29) is 30.3 Å². The zero-order valence-electron chi connectivity index (χ0n) is 13.6. The summed E-state index contributed by atoms with van der Waals surface area (Å²) < 4.78 is 0. The number of halogens is 1. The average molecular weight is 320 g/mol. The molecule has 0 aliphatic carbocycles. The van der Waals surface area contributed by atoms with Crippen molar-refractivity contribution in [1.82, 2.24) is 10.2 Å². The van der Waals surface area contributed by atoms with Gasteiger partial charge in [-0.05, 0) is 25.7 Å². The number of hydrogen-bond donors (Lipinski definition) is 2. The summed E-state index contributed by atoms with van der Waals surface area (Å²) in [6, 6.07) is 0.207. The van der Waals surface area contributed by atoms with Crippen LogP contribution in [0.3, 0.4) is 0 Å². The van der Waals surface area contributed by atoms with E-state index in [9.17, 15) is 9.59 Å². The molecule has 0 bridgehead atoms. The molecule has 21 heavy (non-hydrogen) atoms. The van der Waals surface area contributed by atoms with Gasteiger partial charge < -0.3 is 16.0 Å². The first-order chi connectivity index (χ1) is 9.21. The molecule has 1 unspecified atom stereocenters. The van der Waals surface area contributed by atoms with Gasteiger partial charge in [0.05, 0.1) is 0 Å². The van der Waals surface area contributed by atoms with Crippen molar-refractivity contribution in [2.45, 2.75) is 53.0 Å². The monoisotopic (exact) mass is 319 g/mol. The van der Waals surface area contributed by atoms with Crippen LogP contribution in [0.4, 0.5) is 0 Å². The maximum Gasteiger partial charge on any atom is 0.225 e. The molecule has 0 spiro atoms. The second kappa shape index (κ2) is 8.59. The number of likely N-dealkylation sites (tertiary alicyclic amines) is 1. The van der Waals surface area contributed by atoms with Crippen molar-refractivity contribution >= 4 is 24.2 Å². The van der Waals surface area contributed by atoms with Crippen molar-refractivity contribution < 1.29 is 9.59 Å². The van der Waals surface area contributed by atoms with E-state index in [1.165, 1.54) is 0 Å². The molecule has 1 aliphatic rings. The zero-order chi connectivity index (χ0) is 15.3. The Morgan fingerprint density at radius 1 is 1.29 bits per heavy atom. The van der Waals surface area contributed by atoms with Crippen LogP contribution in [0.2, 0.25) is 0 Å². The van der Waals surface area contributed by atoms with Crippen molar-refractivity contribution in [1.29, 1.82) is 0 Å². The molecule has 1 heterocycles. The van der Waals surface area contributed by atoms with E-state index < -0.39 is 5.41 Å². The predicted molar refractivity (Wildman–Crippen MR) is 87.3 cm³/mol. The summed E-state index contributed by atoms with van der Waals surface area (Å²) in [5.74, 6) is 0.642. The highest BCUT2D eigenvalue weighted by molar-refractivity contribution is 5.85. The van der Waals surface area contributed by atoms with Crippen LogP contribution >= 0.6 is 12.4 Å². The Hall–Kier alpha value is -0.810. The predicted octanol–water partition coefficient (Wildman–Crippen LogP) is 1.55. The summed E-state index contributed by atoms with van der Waals surface area (Å²) in [5, 5.41) is 2.81. The van der Waals surface area contributed by atoms with E-state index in [1.54, 1.807) is 0 Å². The molecule has 0 aromatic heterocycles. The van der Waals surface area contributed by atoms with E-state index >= 15 is 0 Å². The van der Waals surface area contributed by atoms with Gasteiger partial charge in [-0.25, -0.2) is 0 Å². The Bertz CT molecular complexity index is 345. The largest absolute Gasteiger partial charge is 0.355 e. The number of amides is 2. The Kier molecular flexibility index (Phi) is 8.26. The highest BCUT2D eigenvalue weighted by Crippen LogP contribution is 2.20. The van der Waals surface area contributed by atoms with Gasteiger partial charge in [-0.2, -0.15) is 0 Å². The summed E-state index contributed by atoms with van der Waals surface area (Å²) in [6.07, 6.45) is 2.35. The van der Waals surface area contributed by atoms with Crippen molar-refractivity contribution in [3.63, 3.8) is 0 Å². The van der Waals surface area contributed by atoms with Gasteiger partial charge in [0, 0.05) is 37.5 Å². The molecule has 5 nitrogen and oxygen atoms in total. The molecule has 1 rings (SSSR count). The molecule has 1 aliphatic heterocycles. The first-order valence-corrected chi connectivity index (χ1v) is 7.53. The van der Waals surface area contributed by atoms with Gasteiger partial charge in [-0.1, -0.05) is 20.8 Å². The molecule has 0 aromatic rings. The summed E-state index contributed by atoms with van der Waals surface area (Å²) in [6.45, 7) is 9.62. The van der Waals surface area contributed by atoms with Crippen LogP contribution in [-0.2, 0) is 9.59 Å². The topological polar surface area (TPSA) is 75.4 Å². The molecular weight excluding hydrogens is 290 g/mol. The summed E-state index contributed by atoms with van der Waals surface area (Å²) >= 11 is 0. The summed E-state index contributed by atoms with van der Waals surface area (Å²) in [7, 11) is 0. The molecule has 1 saturated heterocycles. The van der Waals surface area contributed by atoms with E-state index in [2.05, 4.69) is 5.32 Å². The smallest absolute Gasteiger partial charge is 0.225 e. The van der Waals surface area contributed by atoms with Crippen LogP contribution in [0.5, 0.6) is 0 Å². The van der Waals surface area contributed by atoms with Crippen molar-refractivity contribution in [3.05, 3.63) is 0 Å². The lowest BCUT2D eigenvalue weighted by molar-refractivity contribution is -0.133. The third-order valence-corrected chi connectivity index (χ3v) is 3.94. The number of nitrogens with one attached hydrogen (secondary N) is 1. The van der Waals surface area contributed by atoms with Gasteiger partial charge in [0.25, 0.3) is 0 Å². The van der Waals surface area contributed by atoms with E-state index in [0.29, 0.717) is 18.9 Å². The molecule has 0 radical (unpaired) electrons. The number of carbonyl (C=O) groups excluding carboxylic acids is 2. The Morgan fingerprint density at radius 3 is 2.24 bits per heavy atom. The number of nitrogens with two attached hydrogens (primary N) is 1. The Balaban J connectivity index is 0.00000400. The van der Waals surface area contributed by atoms with Gasteiger partial charge in [0.2, 0.25) is 11.8 Å². The third kappa shape index (κ3) is 6.66. The van der Waals surface area contributed by atoms with E-state index in [0.717, 1.165) is 25.9 Å². The van der Waals surface area contributed by atoms with Gasteiger partial charge in [0.1, 0.15) is 0 Å². The number of rotatable bonds is 4. The lowest BCUT2D eigenvalue weighted by atomic mass is 9.91. The Labute approximate surface area is 134 Å². The maximum absolute atomic E-state index is 12.0. The third-order valence-electron chi connectivity index (χ3n) is 3.94. The summed E-state index contributed by atoms with van der Waals surface area (Å²) in [4.78, 5) is 25.6. The fourth-order valence-electron chi connectivity index (χ4n) is 2.38. The minimum absolute atomic E-state index is 0. The highest BCUT2D eigenvalue weighted by atomic mass is 35.5. The van der Waals surface area contributed by atoms with Crippen molar-refractivity contribution in [2.75, 3.05) is 19.6 Å². The molecule has 6 heteroatoms. The lowest BCUT2D eigenvalue weighted by Crippen LogP contribution is -2.44. The molecular formula is C15H30ClN3O2. The molecule has 1 fully saturated rings. The average Bonchev–Trinajstić information content (AvgIpc) is 2.37. The van der Waals surface area contributed by atoms with Crippen molar-refractivity contribution in [2.24, 2.45) is 17.1 Å². The van der Waals surface area contributed by atoms with E-state index in [1.807, 2.05) is 32.6 Å². The standard InChI is InChI=1S/C15H29N3O2.ClH/c1-11(16)12-6-9-18(10-7-12)13(19)5-8-17-14(20)15(2,3)4;/h11-12H,5-10,16H2,1-4H3,(H,17,20);1H. The second-order valence-electron chi connectivity index (χ2n) is 6.83. The SMILES string of the molecule is CC(N)C1CCN(C(=O)CCNC(=O)C(C)(C)C)CC1.Cl. The first kappa shape index (κ1) is 20.2. The fraction of sp³-hybridized carbons (Fsp3) is 0.867. The number of nitrogens with zero attached hydrogens (tertiary/aromatic N) is 1. The van der Waals surface area contributed by atoms with Crippen LogP contribution in [0, 0.1) is 11.3 Å². The van der Waals surface area contributed by atoms with Crippen molar-refractivity contribution in [3.8, 4) is 0 Å². The lowest BCUT2D eigenvalue weighted by Gasteiger charge is -2.33. The first-order valence-electron chi connectivity index (χ1n) is 7.53. The van der Waals surface area contributed by atoms with Crippen LogP contribution < -0.4 is 11.1 Å². The van der Waals surface area contributed by atoms with Crippen LogP contribution in [0.1, 0.15) is 47.0 Å². The van der Waals surface area contributed by atoms with Crippen LogP contribution in [-0.4, -0.2) is 42.4 Å². The zero-order valence-corrected chi connectivity index (χ0v) is 14.5. The Morgan fingerprint density at radius 2 is 1.81 bits per heavy atom. The molecule has 124 valence electrons. The molecule has 3 N–H and O–H groups in total. The molecule has 1 atom stereocenters. The van der Waals surface area contributed by atoms with Crippen LogP contribution in [0.15, 0.2) is 0 Å². The highest BCUT2D eigenvalue weighted by Gasteiger charge is 2.25. The minimum Gasteiger partial charge on any atom is -0.355 e. The fourth-order valence-corrected chi connectivity index (χ4v) is 2.38. The molecule has 0 saturated carbocycles. The summed E-state index contributed by atoms with van der Waals surface area (Å²) in [5.41, 5.74) is 5.49.